The van der Waals surface area contributed by atoms with Gasteiger partial charge >= 0.3 is 8.80 Å². The molecule has 2 rings (SSSR count). The van der Waals surface area contributed by atoms with Crippen molar-refractivity contribution >= 4 is 8.80 Å². The lowest BCUT2D eigenvalue weighted by Gasteiger charge is -2.46. The number of hydrogen-bond acceptors (Lipinski definition) is 4. The number of rotatable bonds is 6. The maximum atomic E-state index is 5.56. The fourth-order valence-electron chi connectivity index (χ4n) is 2.51. The van der Waals surface area contributed by atoms with Gasteiger partial charge < -0.3 is 13.3 Å². The molecule has 0 bridgehead atoms. The molecule has 0 saturated carbocycles. The van der Waals surface area contributed by atoms with Crippen molar-refractivity contribution in [3.63, 3.8) is 0 Å². The topological polar surface area (TPSA) is 30.9 Å². The second-order valence-corrected chi connectivity index (χ2v) is 7.57. The minimum atomic E-state index is -2.52. The lowest BCUT2D eigenvalue weighted by atomic mass is 10.1. The summed E-state index contributed by atoms with van der Waals surface area (Å²) in [5, 5.41) is 0. The van der Waals surface area contributed by atoms with Crippen LogP contribution in [0, 0.1) is 0 Å². The normalized spacial score (nSPS) is 20.7. The van der Waals surface area contributed by atoms with E-state index in [0.29, 0.717) is 0 Å². The van der Waals surface area contributed by atoms with Crippen molar-refractivity contribution in [3.8, 4) is 0 Å². The van der Waals surface area contributed by atoms with Crippen molar-refractivity contribution in [2.75, 3.05) is 27.9 Å². The van der Waals surface area contributed by atoms with Crippen LogP contribution in [0.4, 0.5) is 0 Å². The molecular weight excluding hydrogens is 246 g/mol. The van der Waals surface area contributed by atoms with Crippen LogP contribution >= 0.6 is 0 Å². The monoisotopic (exact) mass is 267 g/mol. The average molecular weight is 267 g/mol. The van der Waals surface area contributed by atoms with Crippen LogP contribution in [0.25, 0.3) is 0 Å². The van der Waals surface area contributed by atoms with E-state index in [0.717, 1.165) is 19.5 Å². The fourth-order valence-corrected chi connectivity index (χ4v) is 4.97. The summed E-state index contributed by atoms with van der Waals surface area (Å²) in [4.78, 5) is 2.37. The lowest BCUT2D eigenvalue weighted by molar-refractivity contribution is 0.0281. The molecule has 1 heterocycles. The summed E-state index contributed by atoms with van der Waals surface area (Å²) in [6, 6.07) is 10.5. The highest BCUT2D eigenvalue weighted by Gasteiger charge is 2.54. The zero-order valence-electron chi connectivity index (χ0n) is 11.3. The van der Waals surface area contributed by atoms with Crippen LogP contribution in [0.2, 0.25) is 0 Å². The Morgan fingerprint density at radius 1 is 1.11 bits per heavy atom. The maximum absolute atomic E-state index is 5.56. The summed E-state index contributed by atoms with van der Waals surface area (Å²) in [6.07, 6.45) is 1.08. The molecule has 1 aromatic rings. The minimum Gasteiger partial charge on any atom is -0.376 e. The van der Waals surface area contributed by atoms with Crippen LogP contribution in [0.5, 0.6) is 0 Å². The second kappa shape index (κ2) is 5.95. The molecule has 4 nitrogen and oxygen atoms in total. The van der Waals surface area contributed by atoms with E-state index in [4.69, 9.17) is 13.3 Å². The van der Waals surface area contributed by atoms with Gasteiger partial charge in [-0.1, -0.05) is 30.3 Å². The average Bonchev–Trinajstić information content (AvgIpc) is 2.42. The molecule has 1 aliphatic rings. The van der Waals surface area contributed by atoms with Crippen LogP contribution in [-0.2, 0) is 19.8 Å². The smallest absolute Gasteiger partial charge is 0.376 e. The third-order valence-corrected chi connectivity index (χ3v) is 6.80. The van der Waals surface area contributed by atoms with Crippen LogP contribution in [0.15, 0.2) is 30.3 Å². The summed E-state index contributed by atoms with van der Waals surface area (Å²) < 4.78 is 16.7. The SMILES string of the molecule is CO[Si](OC)(OC)C1CCN1Cc1ccccc1. The first kappa shape index (κ1) is 13.7. The van der Waals surface area contributed by atoms with Gasteiger partial charge in [0.15, 0.2) is 0 Å². The molecule has 0 N–H and O–H groups in total. The van der Waals surface area contributed by atoms with Crippen molar-refractivity contribution in [3.05, 3.63) is 35.9 Å². The van der Waals surface area contributed by atoms with Crippen molar-refractivity contribution < 1.29 is 13.3 Å². The highest BCUT2D eigenvalue weighted by Crippen LogP contribution is 2.29. The number of benzene rings is 1. The van der Waals surface area contributed by atoms with E-state index in [9.17, 15) is 0 Å². The first-order chi connectivity index (χ1) is 8.75. The molecule has 5 heteroatoms. The molecule has 1 aromatic carbocycles. The molecule has 0 aliphatic carbocycles. The number of hydrogen-bond donors (Lipinski definition) is 0. The van der Waals surface area contributed by atoms with Crippen LogP contribution < -0.4 is 0 Å². The Morgan fingerprint density at radius 2 is 1.72 bits per heavy atom. The number of likely N-dealkylation sites (tertiary alicyclic amines) is 1. The van der Waals surface area contributed by atoms with Gasteiger partial charge in [-0.25, -0.2) is 0 Å². The Bertz CT molecular complexity index is 361. The molecule has 18 heavy (non-hydrogen) atoms. The zero-order valence-corrected chi connectivity index (χ0v) is 12.3. The van der Waals surface area contributed by atoms with Gasteiger partial charge in [-0.15, -0.1) is 0 Å². The lowest BCUT2D eigenvalue weighted by Crippen LogP contribution is -2.67. The van der Waals surface area contributed by atoms with Gasteiger partial charge in [0.1, 0.15) is 0 Å². The highest BCUT2D eigenvalue weighted by molar-refractivity contribution is 6.62. The summed E-state index contributed by atoms with van der Waals surface area (Å²) in [6.45, 7) is 2.00. The van der Waals surface area contributed by atoms with Crippen molar-refractivity contribution in [2.45, 2.75) is 18.6 Å². The van der Waals surface area contributed by atoms with E-state index in [1.807, 2.05) is 6.07 Å². The standard InChI is InChI=1S/C13H21NO3Si/c1-15-18(16-2,17-3)13-9-10-14(13)11-12-7-5-4-6-8-12/h4-8,13H,9-11H2,1-3H3. The van der Waals surface area contributed by atoms with E-state index in [-0.39, 0.29) is 5.67 Å². The van der Waals surface area contributed by atoms with E-state index in [1.165, 1.54) is 5.56 Å². The summed E-state index contributed by atoms with van der Waals surface area (Å²) in [5.74, 6) is 0. The molecule has 0 radical (unpaired) electrons. The van der Waals surface area contributed by atoms with Gasteiger partial charge in [-0.2, -0.15) is 0 Å². The summed E-state index contributed by atoms with van der Waals surface area (Å²) >= 11 is 0. The van der Waals surface area contributed by atoms with Gasteiger partial charge in [-0.05, 0) is 12.0 Å². The number of nitrogens with zero attached hydrogens (tertiary/aromatic N) is 1. The van der Waals surface area contributed by atoms with E-state index in [1.54, 1.807) is 21.3 Å². The molecule has 0 spiro atoms. The Labute approximate surface area is 110 Å². The third-order valence-electron chi connectivity index (χ3n) is 3.62. The predicted molar refractivity (Wildman–Crippen MR) is 72.0 cm³/mol. The molecule has 1 atom stereocenters. The van der Waals surface area contributed by atoms with E-state index in [2.05, 4.69) is 29.2 Å². The largest absolute Gasteiger partial charge is 0.518 e. The zero-order chi connectivity index (χ0) is 13.0. The molecular formula is C13H21NO3Si. The third kappa shape index (κ3) is 2.50. The van der Waals surface area contributed by atoms with Gasteiger partial charge in [0.2, 0.25) is 0 Å². The van der Waals surface area contributed by atoms with Gasteiger partial charge in [0.25, 0.3) is 0 Å². The van der Waals surface area contributed by atoms with Crippen LogP contribution in [0.3, 0.4) is 0 Å². The Balaban J connectivity index is 2.03. The minimum absolute atomic E-state index is 0.276. The molecule has 1 fully saturated rings. The van der Waals surface area contributed by atoms with Gasteiger partial charge in [0, 0.05) is 34.4 Å². The van der Waals surface area contributed by atoms with Crippen LogP contribution in [-0.4, -0.2) is 47.2 Å². The Hall–Kier alpha value is -0.723. The quantitative estimate of drug-likeness (QED) is 0.734. The summed E-state index contributed by atoms with van der Waals surface area (Å²) in [5.41, 5.74) is 1.59. The molecule has 1 aliphatic heterocycles. The highest BCUT2D eigenvalue weighted by atomic mass is 28.4. The maximum Gasteiger partial charge on any atom is 0.518 e. The van der Waals surface area contributed by atoms with Crippen molar-refractivity contribution in [2.24, 2.45) is 0 Å². The molecule has 1 saturated heterocycles. The molecule has 1 unspecified atom stereocenters. The Morgan fingerprint density at radius 3 is 2.17 bits per heavy atom. The Kier molecular flexibility index (Phi) is 4.53. The molecule has 0 amide bonds. The predicted octanol–water partition coefficient (Wildman–Crippen LogP) is 1.68. The molecule has 100 valence electrons. The second-order valence-electron chi connectivity index (χ2n) is 4.48. The molecule has 0 aromatic heterocycles. The van der Waals surface area contributed by atoms with Gasteiger partial charge in [0.05, 0.1) is 5.67 Å². The fraction of sp³-hybridized carbons (Fsp3) is 0.538. The first-order valence-corrected chi connectivity index (χ1v) is 7.99. The van der Waals surface area contributed by atoms with Crippen molar-refractivity contribution in [1.29, 1.82) is 0 Å². The van der Waals surface area contributed by atoms with E-state index >= 15 is 0 Å². The first-order valence-electron chi connectivity index (χ1n) is 6.19. The van der Waals surface area contributed by atoms with E-state index < -0.39 is 8.80 Å². The van der Waals surface area contributed by atoms with Crippen molar-refractivity contribution in [1.82, 2.24) is 4.90 Å². The van der Waals surface area contributed by atoms with Gasteiger partial charge in [-0.3, -0.25) is 4.90 Å². The van der Waals surface area contributed by atoms with Crippen LogP contribution in [0.1, 0.15) is 12.0 Å². The summed E-state index contributed by atoms with van der Waals surface area (Å²) in [7, 11) is 2.51.